The van der Waals surface area contributed by atoms with Crippen molar-refractivity contribution in [3.63, 3.8) is 0 Å². The third kappa shape index (κ3) is 3.44. The van der Waals surface area contributed by atoms with Crippen molar-refractivity contribution in [3.05, 3.63) is 33.8 Å². The van der Waals surface area contributed by atoms with Crippen molar-refractivity contribution in [2.24, 2.45) is 0 Å². The molecule has 8 nitrogen and oxygen atoms in total. The maximum atomic E-state index is 12.6. The van der Waals surface area contributed by atoms with Gasteiger partial charge in [-0.1, -0.05) is 15.5 Å². The Morgan fingerprint density at radius 3 is 2.65 bits per heavy atom. The van der Waals surface area contributed by atoms with Gasteiger partial charge in [0.2, 0.25) is 4.21 Å². The SMILES string of the molecule is O=c1n(CCN2CCN([S+](=O)([O-])c3cccs3)CC2)nc2n1CCCC2. The molecule has 0 saturated carbocycles. The van der Waals surface area contributed by atoms with E-state index in [0.29, 0.717) is 43.5 Å². The van der Waals surface area contributed by atoms with E-state index in [4.69, 9.17) is 0 Å². The molecule has 2 aromatic heterocycles. The summed E-state index contributed by atoms with van der Waals surface area (Å²) in [5.74, 6) is 0.896. The average molecular weight is 398 g/mol. The zero-order chi connectivity index (χ0) is 18.1. The molecule has 26 heavy (non-hydrogen) atoms. The van der Waals surface area contributed by atoms with Crippen molar-refractivity contribution in [2.75, 3.05) is 32.7 Å². The highest BCUT2D eigenvalue weighted by Gasteiger charge is 2.34. The number of aromatic nitrogens is 3. The van der Waals surface area contributed by atoms with Crippen molar-refractivity contribution in [1.29, 1.82) is 0 Å². The molecule has 0 radical (unpaired) electrons. The van der Waals surface area contributed by atoms with Crippen molar-refractivity contribution in [3.8, 4) is 0 Å². The highest BCUT2D eigenvalue weighted by atomic mass is 32.3. The van der Waals surface area contributed by atoms with Crippen LogP contribution in [0.25, 0.3) is 0 Å². The number of nitrogens with zero attached hydrogens (tertiary/aromatic N) is 5. The first kappa shape index (κ1) is 18.1. The van der Waals surface area contributed by atoms with Gasteiger partial charge < -0.3 is 4.55 Å². The molecule has 142 valence electrons. The summed E-state index contributed by atoms with van der Waals surface area (Å²) >= 11 is 1.25. The van der Waals surface area contributed by atoms with Crippen LogP contribution in [0.4, 0.5) is 0 Å². The Morgan fingerprint density at radius 1 is 1.15 bits per heavy atom. The Bertz CT molecular complexity index is 852. The van der Waals surface area contributed by atoms with Gasteiger partial charge in [0.1, 0.15) is 5.82 Å². The first-order chi connectivity index (χ1) is 12.6. The summed E-state index contributed by atoms with van der Waals surface area (Å²) in [5, 5.41) is 6.24. The van der Waals surface area contributed by atoms with E-state index >= 15 is 0 Å². The van der Waals surface area contributed by atoms with Gasteiger partial charge in [-0.05, 0) is 24.3 Å². The number of thiophene rings is 1. The summed E-state index contributed by atoms with van der Waals surface area (Å²) in [6.07, 6.45) is 3.01. The van der Waals surface area contributed by atoms with Crippen LogP contribution in [0.2, 0.25) is 0 Å². The fraction of sp³-hybridized carbons (Fsp3) is 0.625. The number of hydrogen-bond acceptors (Lipinski definition) is 6. The minimum Gasteiger partial charge on any atom is -0.592 e. The van der Waals surface area contributed by atoms with E-state index in [2.05, 4.69) is 10.00 Å². The van der Waals surface area contributed by atoms with Gasteiger partial charge in [-0.25, -0.2) is 9.48 Å². The molecular formula is C16H23N5O3S2. The molecule has 2 aliphatic heterocycles. The second-order valence-corrected chi connectivity index (χ2v) is 9.82. The highest BCUT2D eigenvalue weighted by molar-refractivity contribution is 7.97. The van der Waals surface area contributed by atoms with E-state index in [9.17, 15) is 13.6 Å². The fourth-order valence-corrected chi connectivity index (χ4v) is 6.13. The molecule has 1 fully saturated rings. The van der Waals surface area contributed by atoms with Crippen molar-refractivity contribution < 1.29 is 8.76 Å². The molecule has 0 aromatic carbocycles. The summed E-state index contributed by atoms with van der Waals surface area (Å²) in [5.41, 5.74) is -0.0152. The van der Waals surface area contributed by atoms with E-state index in [0.717, 1.165) is 31.6 Å². The Morgan fingerprint density at radius 2 is 1.96 bits per heavy atom. The third-order valence-corrected chi connectivity index (χ3v) is 8.35. The first-order valence-corrected chi connectivity index (χ1v) is 11.3. The van der Waals surface area contributed by atoms with Crippen LogP contribution in [-0.2, 0) is 34.1 Å². The van der Waals surface area contributed by atoms with E-state index in [1.807, 2.05) is 0 Å². The zero-order valence-corrected chi connectivity index (χ0v) is 16.2. The Kier molecular flexibility index (Phi) is 5.11. The summed E-state index contributed by atoms with van der Waals surface area (Å²) in [4.78, 5) is 14.6. The molecule has 0 spiro atoms. The number of piperazine rings is 1. The maximum Gasteiger partial charge on any atom is 0.345 e. The van der Waals surface area contributed by atoms with Crippen LogP contribution in [0.5, 0.6) is 0 Å². The number of rotatable bonds is 5. The second kappa shape index (κ2) is 7.35. The van der Waals surface area contributed by atoms with E-state index in [-0.39, 0.29) is 5.69 Å². The largest absolute Gasteiger partial charge is 0.592 e. The quantitative estimate of drug-likeness (QED) is 0.692. The lowest BCUT2D eigenvalue weighted by Crippen LogP contribution is -2.51. The monoisotopic (exact) mass is 397 g/mol. The first-order valence-electron chi connectivity index (χ1n) is 8.98. The molecule has 1 unspecified atom stereocenters. The minimum atomic E-state index is -3.36. The number of fused-ring (bicyclic) bond motifs is 1. The lowest BCUT2D eigenvalue weighted by molar-refractivity contribution is 0.173. The maximum absolute atomic E-state index is 12.6. The topological polar surface area (TPSA) is 86.4 Å². The lowest BCUT2D eigenvalue weighted by atomic mass is 10.2. The normalized spacial score (nSPS) is 21.4. The average Bonchev–Trinajstić information content (AvgIpc) is 3.30. The lowest BCUT2D eigenvalue weighted by Gasteiger charge is -2.35. The van der Waals surface area contributed by atoms with Crippen molar-refractivity contribution in [1.82, 2.24) is 23.6 Å². The molecule has 0 N–H and O–H groups in total. The third-order valence-electron chi connectivity index (χ3n) is 5.08. The highest BCUT2D eigenvalue weighted by Crippen LogP contribution is 2.26. The van der Waals surface area contributed by atoms with E-state index in [1.165, 1.54) is 11.3 Å². The van der Waals surface area contributed by atoms with Crippen LogP contribution in [0.3, 0.4) is 0 Å². The van der Waals surface area contributed by atoms with Crippen LogP contribution in [0.15, 0.2) is 26.5 Å². The van der Waals surface area contributed by atoms with Crippen molar-refractivity contribution in [2.45, 2.75) is 36.6 Å². The molecular weight excluding hydrogens is 374 g/mol. The molecule has 4 heterocycles. The van der Waals surface area contributed by atoms with Gasteiger partial charge in [-0.15, -0.1) is 4.31 Å². The van der Waals surface area contributed by atoms with Gasteiger partial charge >= 0.3 is 5.69 Å². The van der Waals surface area contributed by atoms with Crippen LogP contribution >= 0.6 is 11.3 Å². The van der Waals surface area contributed by atoms with Gasteiger partial charge in [-0.3, -0.25) is 9.47 Å². The zero-order valence-electron chi connectivity index (χ0n) is 14.6. The molecule has 1 atom stereocenters. The van der Waals surface area contributed by atoms with Gasteiger partial charge in [0, 0.05) is 38.7 Å². The van der Waals surface area contributed by atoms with E-state index in [1.54, 1.807) is 31.1 Å². The summed E-state index contributed by atoms with van der Waals surface area (Å²) in [6.45, 7) is 4.34. The Labute approximate surface area is 157 Å². The second-order valence-electron chi connectivity index (χ2n) is 6.71. The molecule has 10 heteroatoms. The van der Waals surface area contributed by atoms with Gasteiger partial charge in [0.15, 0.2) is 10.4 Å². The molecule has 1 saturated heterocycles. The fourth-order valence-electron chi connectivity index (χ4n) is 3.56. The number of aryl methyl sites for hydroxylation is 1. The predicted octanol–water partition coefficient (Wildman–Crippen LogP) is 0.664. The minimum absolute atomic E-state index is 0.0152. The molecule has 0 aliphatic carbocycles. The number of sulfonamides is 1. The summed E-state index contributed by atoms with van der Waals surface area (Å²) < 4.78 is 30.4. The Balaban J connectivity index is 1.33. The molecule has 2 aromatic rings. The van der Waals surface area contributed by atoms with Crippen LogP contribution < -0.4 is 5.69 Å². The molecule has 2 aliphatic rings. The van der Waals surface area contributed by atoms with Crippen molar-refractivity contribution >= 4 is 21.7 Å². The van der Waals surface area contributed by atoms with Gasteiger partial charge in [0.25, 0.3) is 0 Å². The van der Waals surface area contributed by atoms with Gasteiger partial charge in [0.05, 0.1) is 19.6 Å². The smallest absolute Gasteiger partial charge is 0.345 e. The van der Waals surface area contributed by atoms with E-state index < -0.39 is 10.4 Å². The Hall–Kier alpha value is -1.33. The summed E-state index contributed by atoms with van der Waals surface area (Å²) in [6, 6.07) is 3.41. The van der Waals surface area contributed by atoms with Crippen LogP contribution in [0.1, 0.15) is 18.7 Å². The molecule has 4 rings (SSSR count). The molecule has 0 amide bonds. The van der Waals surface area contributed by atoms with Crippen LogP contribution in [0, 0.1) is 0 Å². The molecule has 0 bridgehead atoms. The summed E-state index contributed by atoms with van der Waals surface area (Å²) in [7, 11) is -3.36. The van der Waals surface area contributed by atoms with Crippen LogP contribution in [-0.4, -0.2) is 60.8 Å². The standard InChI is InChI=1S/C16H23N5O3S2/c22-16-20-6-2-1-4-14(20)17-21(16)12-9-18-7-10-19(11-8-18)26(23,24)15-5-3-13-25-15/h3,5,13H,1-2,4,6-12H2. The van der Waals surface area contributed by atoms with Gasteiger partial charge in [-0.2, -0.15) is 5.10 Å². The number of hydrogen-bond donors (Lipinski definition) is 0. The predicted molar refractivity (Wildman–Crippen MR) is 98.9 cm³/mol.